The molecule has 0 aromatic carbocycles. The van der Waals surface area contributed by atoms with Crippen LogP contribution in [-0.2, 0) is 14.3 Å². The van der Waals surface area contributed by atoms with Crippen molar-refractivity contribution in [1.82, 2.24) is 4.90 Å². The van der Waals surface area contributed by atoms with Gasteiger partial charge in [-0.1, -0.05) is 0 Å². The predicted molar refractivity (Wildman–Crippen MR) is 49.9 cm³/mol. The van der Waals surface area contributed by atoms with Gasteiger partial charge in [-0.15, -0.1) is 11.8 Å². The Morgan fingerprint density at radius 2 is 2.46 bits per heavy atom. The molecule has 1 unspecified atom stereocenters. The fourth-order valence-electron chi connectivity index (χ4n) is 0.926. The fraction of sp³-hybridized carbons (Fsp3) is 0.500. The van der Waals surface area contributed by atoms with Crippen LogP contribution in [0.25, 0.3) is 0 Å². The normalized spacial score (nSPS) is 21.8. The molecule has 0 saturated heterocycles. The summed E-state index contributed by atoms with van der Waals surface area (Å²) in [6.45, 7) is 1.80. The van der Waals surface area contributed by atoms with Crippen LogP contribution in [-0.4, -0.2) is 35.7 Å². The second-order valence-corrected chi connectivity index (χ2v) is 3.86. The van der Waals surface area contributed by atoms with Gasteiger partial charge in [-0.2, -0.15) is 0 Å². The molecule has 1 rings (SSSR count). The van der Waals surface area contributed by atoms with Crippen LogP contribution in [0.5, 0.6) is 0 Å². The quantitative estimate of drug-likeness (QED) is 0.614. The second kappa shape index (κ2) is 4.32. The van der Waals surface area contributed by atoms with Gasteiger partial charge in [0.05, 0.1) is 12.4 Å². The summed E-state index contributed by atoms with van der Waals surface area (Å²) in [7, 11) is 1.30. The average Bonchev–Trinajstić information content (AvgIpc) is 2.13. The number of hydrogen-bond donors (Lipinski definition) is 0. The van der Waals surface area contributed by atoms with Crippen molar-refractivity contribution >= 4 is 23.6 Å². The molecule has 0 bridgehead atoms. The van der Waals surface area contributed by atoms with Gasteiger partial charge in [0.1, 0.15) is 6.54 Å². The first-order chi connectivity index (χ1) is 6.15. The second-order valence-electron chi connectivity index (χ2n) is 2.61. The van der Waals surface area contributed by atoms with E-state index in [4.69, 9.17) is 0 Å². The highest BCUT2D eigenvalue weighted by Crippen LogP contribution is 2.20. The van der Waals surface area contributed by atoms with Crippen LogP contribution in [0.15, 0.2) is 11.6 Å². The van der Waals surface area contributed by atoms with E-state index < -0.39 is 5.97 Å². The summed E-state index contributed by atoms with van der Waals surface area (Å²) < 4.78 is 4.46. The molecule has 1 aliphatic rings. The van der Waals surface area contributed by atoms with Crippen molar-refractivity contribution in [3.63, 3.8) is 0 Å². The van der Waals surface area contributed by atoms with Crippen LogP contribution in [0.2, 0.25) is 0 Å². The smallest absolute Gasteiger partial charge is 0.325 e. The first kappa shape index (κ1) is 10.1. The highest BCUT2D eigenvalue weighted by atomic mass is 32.2. The molecule has 1 heterocycles. The Balaban J connectivity index is 2.59. The van der Waals surface area contributed by atoms with E-state index in [0.717, 1.165) is 0 Å². The molecular weight excluding hydrogens is 190 g/mol. The number of methoxy groups -OCH3 is 1. The van der Waals surface area contributed by atoms with Gasteiger partial charge in [-0.05, 0) is 12.3 Å². The van der Waals surface area contributed by atoms with Crippen molar-refractivity contribution in [3.05, 3.63) is 11.6 Å². The molecule has 0 aromatic rings. The van der Waals surface area contributed by atoms with Gasteiger partial charge in [-0.3, -0.25) is 9.59 Å². The van der Waals surface area contributed by atoms with Crippen molar-refractivity contribution in [2.45, 2.75) is 12.2 Å². The van der Waals surface area contributed by atoms with Crippen molar-refractivity contribution in [3.8, 4) is 0 Å². The summed E-state index contributed by atoms with van der Waals surface area (Å²) in [6, 6.07) is 0. The molecule has 0 radical (unpaired) electrons. The molecule has 0 fully saturated rings. The van der Waals surface area contributed by atoms with E-state index in [1.165, 1.54) is 23.8 Å². The van der Waals surface area contributed by atoms with Gasteiger partial charge in [0.25, 0.3) is 0 Å². The lowest BCUT2D eigenvalue weighted by molar-refractivity contribution is -0.145. The lowest BCUT2D eigenvalue weighted by Crippen LogP contribution is -2.38. The minimum atomic E-state index is -0.405. The zero-order valence-corrected chi connectivity index (χ0v) is 8.34. The Bertz CT molecular complexity index is 252. The van der Waals surface area contributed by atoms with Crippen molar-refractivity contribution in [2.75, 3.05) is 13.7 Å². The third-order valence-corrected chi connectivity index (χ3v) is 2.57. The number of rotatable bonds is 2. The van der Waals surface area contributed by atoms with Crippen LogP contribution in [0.4, 0.5) is 0 Å². The molecule has 1 atom stereocenters. The molecule has 1 aliphatic heterocycles. The zero-order chi connectivity index (χ0) is 9.84. The van der Waals surface area contributed by atoms with Gasteiger partial charge >= 0.3 is 5.97 Å². The Hall–Kier alpha value is -0.970. The van der Waals surface area contributed by atoms with Gasteiger partial charge in [0.2, 0.25) is 5.91 Å². The molecule has 0 aliphatic carbocycles. The van der Waals surface area contributed by atoms with Crippen LogP contribution in [0, 0.1) is 0 Å². The minimum absolute atomic E-state index is 0.00324. The topological polar surface area (TPSA) is 46.6 Å². The van der Waals surface area contributed by atoms with Gasteiger partial charge < -0.3 is 9.64 Å². The fourth-order valence-corrected chi connectivity index (χ4v) is 1.63. The third kappa shape index (κ3) is 2.48. The number of carbonyl (C=O) groups excluding carboxylic acids is 2. The molecule has 13 heavy (non-hydrogen) atoms. The van der Waals surface area contributed by atoms with E-state index in [1.807, 2.05) is 0 Å². The number of amides is 1. The summed E-state index contributed by atoms with van der Waals surface area (Å²) in [5, 5.41) is 1.68. The van der Waals surface area contributed by atoms with Crippen LogP contribution in [0.3, 0.4) is 0 Å². The number of ether oxygens (including phenoxy) is 1. The van der Waals surface area contributed by atoms with Crippen molar-refractivity contribution in [2.24, 2.45) is 0 Å². The number of hydrogen-bond acceptors (Lipinski definition) is 4. The van der Waals surface area contributed by atoms with Crippen LogP contribution in [0.1, 0.15) is 6.92 Å². The van der Waals surface area contributed by atoms with Gasteiger partial charge in [-0.25, -0.2) is 0 Å². The number of thioether (sulfide) groups is 1. The summed E-state index contributed by atoms with van der Waals surface area (Å²) >= 11 is 1.44. The minimum Gasteiger partial charge on any atom is -0.468 e. The summed E-state index contributed by atoms with van der Waals surface area (Å²) in [6.07, 6.45) is 1.60. The molecule has 72 valence electrons. The Morgan fingerprint density at radius 1 is 1.77 bits per heavy atom. The number of carbonyl (C=O) groups is 2. The SMILES string of the molecule is COC(=O)CN1C=CSC(C)C1=O. The van der Waals surface area contributed by atoms with E-state index in [-0.39, 0.29) is 17.7 Å². The standard InChI is InChI=1S/C8H11NO3S/c1-6-8(11)9(3-4-13-6)5-7(10)12-2/h3-4,6H,5H2,1-2H3. The van der Waals surface area contributed by atoms with E-state index in [1.54, 1.807) is 18.5 Å². The number of esters is 1. The highest BCUT2D eigenvalue weighted by Gasteiger charge is 2.23. The number of nitrogens with zero attached hydrogens (tertiary/aromatic N) is 1. The van der Waals surface area contributed by atoms with E-state index in [2.05, 4.69) is 4.74 Å². The largest absolute Gasteiger partial charge is 0.468 e. The maximum absolute atomic E-state index is 11.4. The van der Waals surface area contributed by atoms with Crippen molar-refractivity contribution in [1.29, 1.82) is 0 Å². The maximum atomic E-state index is 11.4. The average molecular weight is 201 g/mol. The summed E-state index contributed by atoms with van der Waals surface area (Å²) in [4.78, 5) is 23.7. The molecule has 5 heteroatoms. The monoisotopic (exact) mass is 201 g/mol. The Labute approximate surface area is 80.9 Å². The van der Waals surface area contributed by atoms with Gasteiger partial charge in [0, 0.05) is 6.20 Å². The molecule has 0 spiro atoms. The van der Waals surface area contributed by atoms with Crippen LogP contribution >= 0.6 is 11.8 Å². The molecule has 4 nitrogen and oxygen atoms in total. The highest BCUT2D eigenvalue weighted by molar-refractivity contribution is 8.03. The molecule has 0 aromatic heterocycles. The first-order valence-electron chi connectivity index (χ1n) is 3.84. The van der Waals surface area contributed by atoms with E-state index >= 15 is 0 Å². The van der Waals surface area contributed by atoms with E-state index in [9.17, 15) is 9.59 Å². The summed E-state index contributed by atoms with van der Waals surface area (Å²) in [5.74, 6) is -0.463. The molecule has 0 N–H and O–H groups in total. The maximum Gasteiger partial charge on any atom is 0.325 e. The Kier molecular flexibility index (Phi) is 3.36. The predicted octanol–water partition coefficient (Wildman–Crippen LogP) is 0.594. The first-order valence-corrected chi connectivity index (χ1v) is 4.79. The lowest BCUT2D eigenvalue weighted by atomic mass is 10.4. The molecule has 0 saturated carbocycles. The lowest BCUT2D eigenvalue weighted by Gasteiger charge is -2.23. The van der Waals surface area contributed by atoms with Gasteiger partial charge in [0.15, 0.2) is 0 Å². The zero-order valence-electron chi connectivity index (χ0n) is 7.52. The summed E-state index contributed by atoms with van der Waals surface area (Å²) in [5.41, 5.74) is 0. The molecule has 1 amide bonds. The Morgan fingerprint density at radius 3 is 3.08 bits per heavy atom. The molecular formula is C8H11NO3S. The van der Waals surface area contributed by atoms with Crippen molar-refractivity contribution < 1.29 is 14.3 Å². The van der Waals surface area contributed by atoms with Crippen LogP contribution < -0.4 is 0 Å². The van der Waals surface area contributed by atoms with E-state index in [0.29, 0.717) is 0 Å². The third-order valence-electron chi connectivity index (χ3n) is 1.68.